The second kappa shape index (κ2) is 13.4. The Morgan fingerprint density at radius 1 is 0.882 bits per heavy atom. The topological polar surface area (TPSA) is 9.23 Å². The number of allylic oxidation sites excluding steroid dienone is 2. The molecule has 0 radical (unpaired) electrons. The van der Waals surface area contributed by atoms with Crippen molar-refractivity contribution < 1.29 is 4.74 Å². The van der Waals surface area contributed by atoms with Crippen LogP contribution in [0.2, 0.25) is 5.02 Å². The monoisotopic (exact) mass is 474 g/mol. The normalized spacial score (nSPS) is 11.8. The van der Waals surface area contributed by atoms with E-state index in [0.29, 0.717) is 5.92 Å². The van der Waals surface area contributed by atoms with Gasteiger partial charge in [0.2, 0.25) is 0 Å². The third kappa shape index (κ3) is 8.06. The highest BCUT2D eigenvalue weighted by Gasteiger charge is 2.08. The number of aryl methyl sites for hydroxylation is 1. The quantitative estimate of drug-likeness (QED) is 0.237. The minimum Gasteiger partial charge on any atom is -0.494 e. The second-order valence-corrected chi connectivity index (χ2v) is 10.0. The lowest BCUT2D eigenvalue weighted by Crippen LogP contribution is -2.04. The van der Waals surface area contributed by atoms with Crippen molar-refractivity contribution in [2.45, 2.75) is 66.2 Å². The Morgan fingerprint density at radius 2 is 1.56 bits per heavy atom. The molecule has 0 bridgehead atoms. The fraction of sp³-hybridized carbons (Fsp3) is 0.375. The third-order valence-corrected chi connectivity index (χ3v) is 6.64. The highest BCUT2D eigenvalue weighted by molar-refractivity contribution is 6.33. The molecule has 1 atom stereocenters. The fourth-order valence-electron chi connectivity index (χ4n) is 4.08. The molecule has 0 spiro atoms. The van der Waals surface area contributed by atoms with Crippen molar-refractivity contribution in [2.75, 3.05) is 6.61 Å². The molecular weight excluding hydrogens is 436 g/mol. The van der Waals surface area contributed by atoms with Crippen molar-refractivity contribution in [3.63, 3.8) is 0 Å². The summed E-state index contributed by atoms with van der Waals surface area (Å²) in [5, 5.41) is 0.770. The van der Waals surface area contributed by atoms with Gasteiger partial charge >= 0.3 is 0 Å². The standard InChI is InChI=1S/C32H39ClO/c1-5-6-10-26-11-13-27(14-12-26)29-17-20-31(32(33)23-29)28-15-18-30(19-16-28)34-22-21-25(4)9-7-8-24(2)3/h8,11-20,23,25H,5-7,9-10,21-22H2,1-4H3. The van der Waals surface area contributed by atoms with Gasteiger partial charge in [-0.15, -0.1) is 0 Å². The summed E-state index contributed by atoms with van der Waals surface area (Å²) in [5.74, 6) is 1.58. The molecule has 0 aromatic heterocycles. The highest BCUT2D eigenvalue weighted by Crippen LogP contribution is 2.33. The van der Waals surface area contributed by atoms with Crippen LogP contribution in [0, 0.1) is 5.92 Å². The molecule has 34 heavy (non-hydrogen) atoms. The summed E-state index contributed by atoms with van der Waals surface area (Å²) >= 11 is 6.70. The molecule has 3 rings (SSSR count). The van der Waals surface area contributed by atoms with Crippen LogP contribution in [0.5, 0.6) is 5.75 Å². The van der Waals surface area contributed by atoms with E-state index in [2.05, 4.69) is 88.4 Å². The number of rotatable bonds is 12. The first-order valence-corrected chi connectivity index (χ1v) is 13.1. The maximum absolute atomic E-state index is 6.70. The van der Waals surface area contributed by atoms with Crippen LogP contribution in [0.1, 0.15) is 65.4 Å². The lowest BCUT2D eigenvalue weighted by Gasteiger charge is -2.12. The van der Waals surface area contributed by atoms with Gasteiger partial charge in [-0.25, -0.2) is 0 Å². The van der Waals surface area contributed by atoms with E-state index in [0.717, 1.165) is 53.3 Å². The van der Waals surface area contributed by atoms with Crippen LogP contribution in [-0.2, 0) is 6.42 Å². The maximum atomic E-state index is 6.70. The number of ether oxygens (including phenoxy) is 1. The minimum atomic E-state index is 0.666. The van der Waals surface area contributed by atoms with Gasteiger partial charge in [-0.2, -0.15) is 0 Å². The Kier molecular flexibility index (Phi) is 10.3. The number of benzene rings is 3. The third-order valence-electron chi connectivity index (χ3n) is 6.33. The Morgan fingerprint density at radius 3 is 2.21 bits per heavy atom. The van der Waals surface area contributed by atoms with Crippen LogP contribution in [-0.4, -0.2) is 6.61 Å². The van der Waals surface area contributed by atoms with E-state index in [4.69, 9.17) is 16.3 Å². The molecule has 0 fully saturated rings. The van der Waals surface area contributed by atoms with Crippen LogP contribution >= 0.6 is 11.6 Å². The van der Waals surface area contributed by atoms with Gasteiger partial charge in [0.15, 0.2) is 0 Å². The summed E-state index contributed by atoms with van der Waals surface area (Å²) in [6.07, 6.45) is 9.36. The molecule has 180 valence electrons. The molecule has 3 aromatic carbocycles. The van der Waals surface area contributed by atoms with Crippen molar-refractivity contribution in [1.82, 2.24) is 0 Å². The molecule has 0 aliphatic heterocycles. The van der Waals surface area contributed by atoms with E-state index < -0.39 is 0 Å². The largest absolute Gasteiger partial charge is 0.494 e. The molecule has 0 amide bonds. The zero-order valence-electron chi connectivity index (χ0n) is 21.2. The van der Waals surface area contributed by atoms with Crippen LogP contribution in [0.3, 0.4) is 0 Å². The summed E-state index contributed by atoms with van der Waals surface area (Å²) in [6.45, 7) is 9.60. The molecule has 0 aliphatic rings. The summed E-state index contributed by atoms with van der Waals surface area (Å²) in [7, 11) is 0. The minimum absolute atomic E-state index is 0.666. The Bertz CT molecular complexity index is 1040. The van der Waals surface area contributed by atoms with E-state index >= 15 is 0 Å². The van der Waals surface area contributed by atoms with Gasteiger partial charge in [-0.05, 0) is 92.3 Å². The predicted molar refractivity (Wildman–Crippen MR) is 149 cm³/mol. The van der Waals surface area contributed by atoms with Gasteiger partial charge in [-0.1, -0.05) is 92.0 Å². The predicted octanol–water partition coefficient (Wildman–Crippen LogP) is 10.2. The van der Waals surface area contributed by atoms with Gasteiger partial charge in [0.1, 0.15) is 5.75 Å². The molecule has 0 N–H and O–H groups in total. The van der Waals surface area contributed by atoms with Gasteiger partial charge in [0.25, 0.3) is 0 Å². The Hall–Kier alpha value is -2.51. The summed E-state index contributed by atoms with van der Waals surface area (Å²) in [5.41, 5.74) is 7.30. The second-order valence-electron chi connectivity index (χ2n) is 9.62. The molecule has 0 saturated heterocycles. The number of unbranched alkanes of at least 4 members (excludes halogenated alkanes) is 1. The van der Waals surface area contributed by atoms with Crippen LogP contribution in [0.4, 0.5) is 0 Å². The van der Waals surface area contributed by atoms with Gasteiger partial charge in [0, 0.05) is 10.6 Å². The Labute approximate surface area is 211 Å². The molecule has 0 heterocycles. The van der Waals surface area contributed by atoms with Crippen LogP contribution < -0.4 is 4.74 Å². The molecule has 3 aromatic rings. The van der Waals surface area contributed by atoms with E-state index in [1.807, 2.05) is 12.1 Å². The van der Waals surface area contributed by atoms with Crippen LogP contribution in [0.15, 0.2) is 78.4 Å². The number of halogens is 1. The van der Waals surface area contributed by atoms with Crippen molar-refractivity contribution in [2.24, 2.45) is 5.92 Å². The maximum Gasteiger partial charge on any atom is 0.119 e. The van der Waals surface area contributed by atoms with E-state index in [1.165, 1.54) is 36.0 Å². The first-order valence-electron chi connectivity index (χ1n) is 12.7. The zero-order valence-corrected chi connectivity index (χ0v) is 22.0. The molecular formula is C32H39ClO. The van der Waals surface area contributed by atoms with E-state index in [9.17, 15) is 0 Å². The van der Waals surface area contributed by atoms with Gasteiger partial charge in [-0.3, -0.25) is 0 Å². The van der Waals surface area contributed by atoms with Crippen LogP contribution in [0.25, 0.3) is 22.3 Å². The van der Waals surface area contributed by atoms with Crippen molar-refractivity contribution in [3.8, 4) is 28.0 Å². The lowest BCUT2D eigenvalue weighted by molar-refractivity contribution is 0.279. The summed E-state index contributed by atoms with van der Waals surface area (Å²) < 4.78 is 5.99. The average Bonchev–Trinajstić information content (AvgIpc) is 2.83. The first-order chi connectivity index (χ1) is 16.5. The summed E-state index contributed by atoms with van der Waals surface area (Å²) in [6, 6.07) is 23.5. The lowest BCUT2D eigenvalue weighted by atomic mass is 9.98. The number of hydrogen-bond acceptors (Lipinski definition) is 1. The smallest absolute Gasteiger partial charge is 0.119 e. The van der Waals surface area contributed by atoms with Crippen molar-refractivity contribution >= 4 is 11.6 Å². The summed E-state index contributed by atoms with van der Waals surface area (Å²) in [4.78, 5) is 0. The highest BCUT2D eigenvalue weighted by atomic mass is 35.5. The molecule has 0 saturated carbocycles. The van der Waals surface area contributed by atoms with E-state index in [-0.39, 0.29) is 0 Å². The van der Waals surface area contributed by atoms with Crippen molar-refractivity contribution in [3.05, 3.63) is 89.0 Å². The molecule has 0 aliphatic carbocycles. The average molecular weight is 475 g/mol. The SMILES string of the molecule is CCCCc1ccc(-c2ccc(-c3ccc(OCCC(C)CCC=C(C)C)cc3)c(Cl)c2)cc1. The van der Waals surface area contributed by atoms with E-state index in [1.54, 1.807) is 0 Å². The van der Waals surface area contributed by atoms with Gasteiger partial charge < -0.3 is 4.74 Å². The molecule has 1 nitrogen and oxygen atoms in total. The van der Waals surface area contributed by atoms with Crippen molar-refractivity contribution in [1.29, 1.82) is 0 Å². The number of hydrogen-bond donors (Lipinski definition) is 0. The Balaban J connectivity index is 1.56. The molecule has 2 heteroatoms. The van der Waals surface area contributed by atoms with Gasteiger partial charge in [0.05, 0.1) is 6.61 Å². The fourth-order valence-corrected chi connectivity index (χ4v) is 4.37. The molecule has 1 unspecified atom stereocenters. The zero-order chi connectivity index (χ0) is 24.3. The first kappa shape index (κ1) is 26.1.